The molecule has 0 amide bonds. The molecule has 9 heteroatoms. The van der Waals surface area contributed by atoms with E-state index in [9.17, 15) is 18.5 Å². The van der Waals surface area contributed by atoms with Crippen molar-refractivity contribution in [2.24, 2.45) is 4.99 Å². The Hall–Kier alpha value is -2.16. The van der Waals surface area contributed by atoms with Crippen molar-refractivity contribution in [1.29, 1.82) is 0 Å². The maximum atomic E-state index is 11.3. The predicted molar refractivity (Wildman–Crippen MR) is 109 cm³/mol. The van der Waals surface area contributed by atoms with Crippen molar-refractivity contribution in [1.82, 2.24) is 10.6 Å². The Kier molecular flexibility index (Phi) is 9.77. The van der Waals surface area contributed by atoms with E-state index in [0.29, 0.717) is 18.9 Å². The van der Waals surface area contributed by atoms with Crippen LogP contribution in [0.1, 0.15) is 38.7 Å². The summed E-state index contributed by atoms with van der Waals surface area (Å²) in [7, 11) is -2.96. The zero-order valence-corrected chi connectivity index (χ0v) is 17.1. The maximum Gasteiger partial charge on any atom is 0.269 e. The number of nitro benzene ring substituents is 1. The number of sulfone groups is 1. The summed E-state index contributed by atoms with van der Waals surface area (Å²) in [6.07, 6.45) is 4.45. The highest BCUT2D eigenvalue weighted by atomic mass is 32.2. The molecule has 0 aromatic heterocycles. The minimum absolute atomic E-state index is 0.0117. The molecule has 1 aromatic carbocycles. The average Bonchev–Trinajstić information content (AvgIpc) is 2.59. The Bertz CT molecular complexity index is 717. The first-order chi connectivity index (χ1) is 12.7. The lowest BCUT2D eigenvalue weighted by atomic mass is 10.1. The number of nitrogens with one attached hydrogen (secondary N) is 2. The van der Waals surface area contributed by atoms with Gasteiger partial charge in [0.25, 0.3) is 5.69 Å². The zero-order valence-electron chi connectivity index (χ0n) is 16.3. The van der Waals surface area contributed by atoms with Crippen LogP contribution in [0.25, 0.3) is 0 Å². The third-order valence-corrected chi connectivity index (χ3v) is 4.92. The highest BCUT2D eigenvalue weighted by Gasteiger charge is 2.09. The number of unbranched alkanes of at least 4 members (excludes halogenated alkanes) is 1. The van der Waals surface area contributed by atoms with Crippen molar-refractivity contribution in [3.8, 4) is 0 Å². The first kappa shape index (κ1) is 22.9. The van der Waals surface area contributed by atoms with E-state index in [2.05, 4.69) is 15.6 Å². The van der Waals surface area contributed by atoms with Gasteiger partial charge in [-0.25, -0.2) is 8.42 Å². The molecule has 27 heavy (non-hydrogen) atoms. The van der Waals surface area contributed by atoms with Gasteiger partial charge in [0.15, 0.2) is 5.96 Å². The fraction of sp³-hybridized carbons (Fsp3) is 0.611. The molecule has 0 bridgehead atoms. The normalized spacial score (nSPS) is 13.2. The van der Waals surface area contributed by atoms with Gasteiger partial charge in [0.2, 0.25) is 0 Å². The lowest BCUT2D eigenvalue weighted by Gasteiger charge is -2.17. The number of non-ortho nitro benzene ring substituents is 1. The predicted octanol–water partition coefficient (Wildman–Crippen LogP) is 2.30. The van der Waals surface area contributed by atoms with Crippen LogP contribution >= 0.6 is 0 Å². The molecule has 0 saturated carbocycles. The Balaban J connectivity index is 2.38. The second kappa shape index (κ2) is 11.5. The molecule has 0 fully saturated rings. The van der Waals surface area contributed by atoms with Crippen molar-refractivity contribution in [3.63, 3.8) is 0 Å². The number of guanidine groups is 1. The minimum Gasteiger partial charge on any atom is -0.357 e. The Morgan fingerprint density at radius 1 is 1.26 bits per heavy atom. The lowest BCUT2D eigenvalue weighted by Crippen LogP contribution is -2.42. The fourth-order valence-corrected chi connectivity index (χ4v) is 3.21. The molecule has 0 spiro atoms. The van der Waals surface area contributed by atoms with E-state index >= 15 is 0 Å². The van der Waals surface area contributed by atoms with Crippen molar-refractivity contribution < 1.29 is 13.3 Å². The summed E-state index contributed by atoms with van der Waals surface area (Å²) in [5.74, 6) is 0.837. The van der Waals surface area contributed by atoms with E-state index in [0.717, 1.165) is 31.4 Å². The van der Waals surface area contributed by atoms with Crippen LogP contribution in [0.4, 0.5) is 5.69 Å². The molecule has 1 aromatic rings. The van der Waals surface area contributed by atoms with Gasteiger partial charge in [-0.1, -0.05) is 12.1 Å². The van der Waals surface area contributed by atoms with Gasteiger partial charge < -0.3 is 10.6 Å². The number of benzene rings is 1. The molecule has 0 saturated heterocycles. The van der Waals surface area contributed by atoms with Crippen LogP contribution in [-0.4, -0.2) is 50.4 Å². The molecule has 1 rings (SSSR count). The Morgan fingerprint density at radius 2 is 1.93 bits per heavy atom. The maximum absolute atomic E-state index is 11.3. The van der Waals surface area contributed by atoms with E-state index in [-0.39, 0.29) is 17.5 Å². The molecule has 0 heterocycles. The summed E-state index contributed by atoms with van der Waals surface area (Å²) in [4.78, 5) is 14.8. The van der Waals surface area contributed by atoms with Crippen LogP contribution in [0.15, 0.2) is 29.3 Å². The van der Waals surface area contributed by atoms with Gasteiger partial charge in [0, 0.05) is 37.5 Å². The number of hydrogen-bond acceptors (Lipinski definition) is 5. The van der Waals surface area contributed by atoms with Gasteiger partial charge in [-0.3, -0.25) is 15.1 Å². The van der Waals surface area contributed by atoms with E-state index in [1.54, 1.807) is 12.1 Å². The molecule has 8 nitrogen and oxygen atoms in total. The lowest BCUT2D eigenvalue weighted by molar-refractivity contribution is -0.384. The Labute approximate surface area is 161 Å². The van der Waals surface area contributed by atoms with E-state index in [1.807, 2.05) is 13.8 Å². The summed E-state index contributed by atoms with van der Waals surface area (Å²) in [6, 6.07) is 6.64. The SMILES string of the molecule is CCNC(=NCCCCc1ccc([N+](=O)[O-])cc1)NC(C)CCS(C)(=O)=O. The van der Waals surface area contributed by atoms with Gasteiger partial charge >= 0.3 is 0 Å². The van der Waals surface area contributed by atoms with Gasteiger partial charge in [0.05, 0.1) is 10.7 Å². The highest BCUT2D eigenvalue weighted by molar-refractivity contribution is 7.90. The molecule has 0 aliphatic carbocycles. The second-order valence-electron chi connectivity index (χ2n) is 6.61. The summed E-state index contributed by atoms with van der Waals surface area (Å²) < 4.78 is 22.5. The van der Waals surface area contributed by atoms with Gasteiger partial charge in [-0.2, -0.15) is 0 Å². The number of nitro groups is 1. The van der Waals surface area contributed by atoms with Crippen LogP contribution in [0.2, 0.25) is 0 Å². The first-order valence-electron chi connectivity index (χ1n) is 9.17. The molecule has 0 radical (unpaired) electrons. The van der Waals surface area contributed by atoms with Crippen LogP contribution in [0, 0.1) is 10.1 Å². The van der Waals surface area contributed by atoms with Gasteiger partial charge in [-0.15, -0.1) is 0 Å². The molecule has 0 aliphatic heterocycles. The largest absolute Gasteiger partial charge is 0.357 e. The van der Waals surface area contributed by atoms with Crippen LogP contribution in [0.3, 0.4) is 0 Å². The number of aryl methyl sites for hydroxylation is 1. The summed E-state index contributed by atoms with van der Waals surface area (Å²) in [6.45, 7) is 5.30. The van der Waals surface area contributed by atoms with Crippen LogP contribution in [-0.2, 0) is 16.3 Å². The number of nitrogens with zero attached hydrogens (tertiary/aromatic N) is 2. The third-order valence-electron chi connectivity index (χ3n) is 3.94. The monoisotopic (exact) mass is 398 g/mol. The van der Waals surface area contributed by atoms with E-state index < -0.39 is 14.8 Å². The van der Waals surface area contributed by atoms with Gasteiger partial charge in [0.1, 0.15) is 9.84 Å². The molecular weight excluding hydrogens is 368 g/mol. The van der Waals surface area contributed by atoms with E-state index in [1.165, 1.54) is 18.4 Å². The van der Waals surface area contributed by atoms with Crippen molar-refractivity contribution >= 4 is 21.5 Å². The summed E-state index contributed by atoms with van der Waals surface area (Å²) in [5, 5.41) is 17.0. The van der Waals surface area contributed by atoms with Crippen LogP contribution in [0.5, 0.6) is 0 Å². The molecule has 2 N–H and O–H groups in total. The van der Waals surface area contributed by atoms with E-state index in [4.69, 9.17) is 0 Å². The topological polar surface area (TPSA) is 114 Å². The molecule has 1 atom stereocenters. The van der Waals surface area contributed by atoms with Crippen molar-refractivity contribution in [2.45, 2.75) is 45.6 Å². The van der Waals surface area contributed by atoms with Crippen LogP contribution < -0.4 is 10.6 Å². The second-order valence-corrected chi connectivity index (χ2v) is 8.87. The smallest absolute Gasteiger partial charge is 0.269 e. The molecule has 1 unspecified atom stereocenters. The number of rotatable bonds is 11. The zero-order chi connectivity index (χ0) is 20.3. The molecule has 152 valence electrons. The van der Waals surface area contributed by atoms with Crippen molar-refractivity contribution in [2.75, 3.05) is 25.1 Å². The van der Waals surface area contributed by atoms with Crippen molar-refractivity contribution in [3.05, 3.63) is 39.9 Å². The Morgan fingerprint density at radius 3 is 2.48 bits per heavy atom. The molecule has 0 aliphatic rings. The standard InChI is InChI=1S/C18H30N4O4S/c1-4-19-18(21-15(2)12-14-27(3,25)26)20-13-6-5-7-16-8-10-17(11-9-16)22(23)24/h8-11,15H,4-7,12-14H2,1-3H3,(H2,19,20,21). The average molecular weight is 399 g/mol. The summed E-state index contributed by atoms with van der Waals surface area (Å²) >= 11 is 0. The first-order valence-corrected chi connectivity index (χ1v) is 11.2. The highest BCUT2D eigenvalue weighted by Crippen LogP contribution is 2.13. The third kappa shape index (κ3) is 10.5. The summed E-state index contributed by atoms with van der Waals surface area (Å²) in [5.41, 5.74) is 1.18. The van der Waals surface area contributed by atoms with Gasteiger partial charge in [-0.05, 0) is 45.1 Å². The molecular formula is C18H30N4O4S. The fourth-order valence-electron chi connectivity index (χ4n) is 2.43. The quantitative estimate of drug-likeness (QED) is 0.194. The number of hydrogen-bond donors (Lipinski definition) is 2. The minimum atomic E-state index is -2.96. The number of aliphatic imine (C=N–C) groups is 1.